The number of hydrogen-bond donors (Lipinski definition) is 1. The van der Waals surface area contributed by atoms with E-state index < -0.39 is 0 Å². The summed E-state index contributed by atoms with van der Waals surface area (Å²) in [5.41, 5.74) is 12.1. The van der Waals surface area contributed by atoms with Crippen molar-refractivity contribution in [1.29, 1.82) is 0 Å². The van der Waals surface area contributed by atoms with Crippen molar-refractivity contribution < 1.29 is 0 Å². The molecule has 2 N–H and O–H groups in total. The van der Waals surface area contributed by atoms with Gasteiger partial charge in [0, 0.05) is 6.20 Å². The number of benzene rings is 1. The van der Waals surface area contributed by atoms with E-state index in [-0.39, 0.29) is 0 Å². The van der Waals surface area contributed by atoms with Gasteiger partial charge in [-0.2, -0.15) is 5.10 Å². The van der Waals surface area contributed by atoms with E-state index in [2.05, 4.69) is 44.2 Å². The topological polar surface area (TPSA) is 43.8 Å². The van der Waals surface area contributed by atoms with Crippen LogP contribution < -0.4 is 5.73 Å². The first-order valence-corrected chi connectivity index (χ1v) is 6.38. The molecule has 1 aromatic heterocycles. The average Bonchev–Trinajstić information content (AvgIpc) is 2.72. The number of aromatic nitrogens is 2. The fourth-order valence-electron chi connectivity index (χ4n) is 2.41. The van der Waals surface area contributed by atoms with Gasteiger partial charge in [0.2, 0.25) is 0 Å². The lowest BCUT2D eigenvalue weighted by Crippen LogP contribution is -2.05. The molecule has 96 valence electrons. The fourth-order valence-corrected chi connectivity index (χ4v) is 2.41. The summed E-state index contributed by atoms with van der Waals surface area (Å²) in [5.74, 6) is 0. The van der Waals surface area contributed by atoms with Gasteiger partial charge in [-0.05, 0) is 56.0 Å². The summed E-state index contributed by atoms with van der Waals surface area (Å²) >= 11 is 0. The maximum absolute atomic E-state index is 5.55. The average molecular weight is 243 g/mol. The second-order valence-electron chi connectivity index (χ2n) is 4.96. The quantitative estimate of drug-likeness (QED) is 0.896. The van der Waals surface area contributed by atoms with Crippen LogP contribution in [0.15, 0.2) is 24.5 Å². The zero-order chi connectivity index (χ0) is 13.1. The number of rotatable bonds is 4. The summed E-state index contributed by atoms with van der Waals surface area (Å²) in [7, 11) is 0. The van der Waals surface area contributed by atoms with E-state index in [1.54, 1.807) is 0 Å². The second kappa shape index (κ2) is 5.36. The van der Waals surface area contributed by atoms with Crippen molar-refractivity contribution >= 4 is 0 Å². The summed E-state index contributed by atoms with van der Waals surface area (Å²) in [5, 5.41) is 4.40. The van der Waals surface area contributed by atoms with E-state index in [0.29, 0.717) is 6.54 Å². The van der Waals surface area contributed by atoms with E-state index in [9.17, 15) is 0 Å². The summed E-state index contributed by atoms with van der Waals surface area (Å²) in [6, 6.07) is 4.46. The smallest absolute Gasteiger partial charge is 0.0664 e. The van der Waals surface area contributed by atoms with Crippen LogP contribution in [0, 0.1) is 20.8 Å². The van der Waals surface area contributed by atoms with Gasteiger partial charge < -0.3 is 5.73 Å². The third kappa shape index (κ3) is 2.79. The highest BCUT2D eigenvalue weighted by Gasteiger charge is 2.06. The molecule has 0 aliphatic carbocycles. The number of nitrogens with two attached hydrogens (primary N) is 1. The van der Waals surface area contributed by atoms with Crippen molar-refractivity contribution in [3.8, 4) is 0 Å². The van der Waals surface area contributed by atoms with Gasteiger partial charge >= 0.3 is 0 Å². The predicted octanol–water partition coefficient (Wildman–Crippen LogP) is 2.36. The normalized spacial score (nSPS) is 10.9. The first kappa shape index (κ1) is 12.8. The highest BCUT2D eigenvalue weighted by Crippen LogP contribution is 2.17. The molecule has 0 fully saturated rings. The first-order chi connectivity index (χ1) is 8.60. The Bertz CT molecular complexity index is 517. The Morgan fingerprint density at radius 3 is 2.44 bits per heavy atom. The molecule has 0 aliphatic rings. The minimum absolute atomic E-state index is 0.675. The van der Waals surface area contributed by atoms with Crippen molar-refractivity contribution in [3.63, 3.8) is 0 Å². The maximum atomic E-state index is 5.55. The van der Waals surface area contributed by atoms with Gasteiger partial charge in [-0.15, -0.1) is 0 Å². The third-order valence-corrected chi connectivity index (χ3v) is 3.28. The molecule has 18 heavy (non-hydrogen) atoms. The Kier molecular flexibility index (Phi) is 3.82. The van der Waals surface area contributed by atoms with Crippen LogP contribution in [0.5, 0.6) is 0 Å². The van der Waals surface area contributed by atoms with Crippen LogP contribution in [-0.2, 0) is 13.0 Å². The van der Waals surface area contributed by atoms with Crippen molar-refractivity contribution in [2.45, 2.75) is 33.7 Å². The Morgan fingerprint density at radius 2 is 1.83 bits per heavy atom. The molecule has 3 nitrogen and oxygen atoms in total. The van der Waals surface area contributed by atoms with Gasteiger partial charge in [0.25, 0.3) is 0 Å². The molecule has 2 rings (SSSR count). The molecule has 0 amide bonds. The molecule has 0 unspecified atom stereocenters. The molecule has 0 saturated carbocycles. The highest BCUT2D eigenvalue weighted by molar-refractivity contribution is 5.37. The van der Waals surface area contributed by atoms with Crippen LogP contribution in [0.2, 0.25) is 0 Å². The van der Waals surface area contributed by atoms with Gasteiger partial charge in [-0.3, -0.25) is 4.68 Å². The molecule has 1 heterocycles. The Balaban J connectivity index is 2.22. The number of hydrogen-bond acceptors (Lipinski definition) is 2. The lowest BCUT2D eigenvalue weighted by molar-refractivity contribution is 0.680. The van der Waals surface area contributed by atoms with Gasteiger partial charge in [0.15, 0.2) is 0 Å². The molecule has 3 heteroatoms. The molecular formula is C15H21N3. The molecule has 0 spiro atoms. The van der Waals surface area contributed by atoms with E-state index in [1.165, 1.54) is 27.8 Å². The molecule has 0 radical (unpaired) electrons. The van der Waals surface area contributed by atoms with Crippen molar-refractivity contribution in [1.82, 2.24) is 9.78 Å². The molecule has 0 saturated heterocycles. The van der Waals surface area contributed by atoms with Gasteiger partial charge in [0.1, 0.15) is 0 Å². The van der Waals surface area contributed by atoms with Crippen molar-refractivity contribution in [2.75, 3.05) is 6.54 Å². The molecule has 2 aromatic rings. The molecule has 0 atom stereocenters. The van der Waals surface area contributed by atoms with Crippen LogP contribution in [0.3, 0.4) is 0 Å². The van der Waals surface area contributed by atoms with E-state index in [1.807, 2.05) is 10.9 Å². The zero-order valence-corrected chi connectivity index (χ0v) is 11.4. The predicted molar refractivity (Wildman–Crippen MR) is 74.7 cm³/mol. The van der Waals surface area contributed by atoms with Crippen LogP contribution in [0.1, 0.15) is 27.8 Å². The monoisotopic (exact) mass is 243 g/mol. The maximum Gasteiger partial charge on any atom is 0.0664 e. The van der Waals surface area contributed by atoms with Crippen LogP contribution in [0.25, 0.3) is 0 Å². The lowest BCUT2D eigenvalue weighted by Gasteiger charge is -2.11. The van der Waals surface area contributed by atoms with Gasteiger partial charge in [-0.1, -0.05) is 17.7 Å². The van der Waals surface area contributed by atoms with Gasteiger partial charge in [-0.25, -0.2) is 0 Å². The Hall–Kier alpha value is -1.61. The van der Waals surface area contributed by atoms with E-state index in [4.69, 9.17) is 5.73 Å². The first-order valence-electron chi connectivity index (χ1n) is 6.38. The second-order valence-corrected chi connectivity index (χ2v) is 4.96. The minimum Gasteiger partial charge on any atom is -0.330 e. The van der Waals surface area contributed by atoms with Crippen LogP contribution in [-0.4, -0.2) is 16.3 Å². The van der Waals surface area contributed by atoms with Gasteiger partial charge in [0.05, 0.1) is 12.7 Å². The summed E-state index contributed by atoms with van der Waals surface area (Å²) < 4.78 is 2.00. The largest absolute Gasteiger partial charge is 0.330 e. The van der Waals surface area contributed by atoms with Crippen LogP contribution in [0.4, 0.5) is 0 Å². The number of aryl methyl sites for hydroxylation is 3. The molecule has 0 aliphatic heterocycles. The van der Waals surface area contributed by atoms with Crippen LogP contribution >= 0.6 is 0 Å². The highest BCUT2D eigenvalue weighted by atomic mass is 15.3. The molecule has 0 bridgehead atoms. The minimum atomic E-state index is 0.675. The molecular weight excluding hydrogens is 222 g/mol. The SMILES string of the molecule is Cc1cc(C)c(Cn2cc(CCN)cn2)c(C)c1. The van der Waals surface area contributed by atoms with E-state index >= 15 is 0 Å². The van der Waals surface area contributed by atoms with E-state index in [0.717, 1.165) is 13.0 Å². The summed E-state index contributed by atoms with van der Waals surface area (Å²) in [4.78, 5) is 0. The Labute approximate surface area is 109 Å². The summed E-state index contributed by atoms with van der Waals surface area (Å²) in [6.07, 6.45) is 4.89. The Morgan fingerprint density at radius 1 is 1.17 bits per heavy atom. The number of nitrogens with zero attached hydrogens (tertiary/aromatic N) is 2. The third-order valence-electron chi connectivity index (χ3n) is 3.28. The standard InChI is InChI=1S/C15H21N3/c1-11-6-12(2)15(13(3)7-11)10-18-9-14(4-5-16)8-17-18/h6-9H,4-5,10,16H2,1-3H3. The lowest BCUT2D eigenvalue weighted by atomic mass is 10.00. The van der Waals surface area contributed by atoms with Crippen molar-refractivity contribution in [3.05, 3.63) is 52.3 Å². The zero-order valence-electron chi connectivity index (χ0n) is 11.4. The fraction of sp³-hybridized carbons (Fsp3) is 0.400. The summed E-state index contributed by atoms with van der Waals surface area (Å²) in [6.45, 7) is 7.98. The van der Waals surface area contributed by atoms with Crippen molar-refractivity contribution in [2.24, 2.45) is 5.73 Å². The molecule has 1 aromatic carbocycles.